The Hall–Kier alpha value is -1.50. The summed E-state index contributed by atoms with van der Waals surface area (Å²) in [6, 6.07) is 0. The molecule has 1 amide bonds. The molecule has 0 aromatic carbocycles. The van der Waals surface area contributed by atoms with Crippen molar-refractivity contribution in [1.82, 2.24) is 5.32 Å². The normalized spacial score (nSPS) is 9.93. The van der Waals surface area contributed by atoms with Gasteiger partial charge in [-0.2, -0.15) is 0 Å². The molecule has 78 valence electrons. The van der Waals surface area contributed by atoms with Gasteiger partial charge < -0.3 is 10.4 Å². The summed E-state index contributed by atoms with van der Waals surface area (Å²) >= 11 is 0. The summed E-state index contributed by atoms with van der Waals surface area (Å²) in [6.07, 6.45) is -0.0340. The number of carboxylic acids is 1. The first-order chi connectivity index (χ1) is 6.40. The molecule has 0 fully saturated rings. The maximum absolute atomic E-state index is 11.2. The Balaban J connectivity index is 4.04. The summed E-state index contributed by atoms with van der Waals surface area (Å²) in [4.78, 5) is 21.9. The first-order valence-electron chi connectivity index (χ1n) is 4.30. The lowest BCUT2D eigenvalue weighted by Crippen LogP contribution is -2.33. The fourth-order valence-electron chi connectivity index (χ4n) is 0.771. The van der Waals surface area contributed by atoms with Gasteiger partial charge >= 0.3 is 5.97 Å². The number of nitrogens with one attached hydrogen (secondary N) is 1. The summed E-state index contributed by atoms with van der Waals surface area (Å²) in [5, 5.41) is 11.3. The van der Waals surface area contributed by atoms with E-state index in [0.717, 1.165) is 0 Å². The molecule has 0 saturated carbocycles. The molecule has 2 N–H and O–H groups in total. The third-order valence-electron chi connectivity index (χ3n) is 1.73. The van der Waals surface area contributed by atoms with E-state index in [2.05, 4.69) is 17.2 Å². The Labute approximate surface area is 83.7 Å². The van der Waals surface area contributed by atoms with Gasteiger partial charge in [0.15, 0.2) is 0 Å². The van der Waals surface area contributed by atoms with Crippen LogP contribution in [-0.2, 0) is 9.59 Å². The topological polar surface area (TPSA) is 66.4 Å². The molecule has 0 aliphatic carbocycles. The molecule has 0 radical (unpaired) electrons. The van der Waals surface area contributed by atoms with Crippen LogP contribution in [0.25, 0.3) is 0 Å². The van der Waals surface area contributed by atoms with Crippen LogP contribution in [0.2, 0.25) is 0 Å². The van der Waals surface area contributed by atoms with Gasteiger partial charge in [-0.3, -0.25) is 9.59 Å². The Kier molecular flexibility index (Phi) is 4.71. The maximum atomic E-state index is 11.2. The van der Waals surface area contributed by atoms with Crippen LogP contribution in [0.1, 0.15) is 27.2 Å². The van der Waals surface area contributed by atoms with Gasteiger partial charge in [0.1, 0.15) is 0 Å². The van der Waals surface area contributed by atoms with Crippen LogP contribution in [0.4, 0.5) is 0 Å². The zero-order chi connectivity index (χ0) is 11.2. The van der Waals surface area contributed by atoms with Crippen molar-refractivity contribution in [2.75, 3.05) is 6.54 Å². The number of carboxylic acid groups (broad SMARTS) is 1. The zero-order valence-corrected chi connectivity index (χ0v) is 8.68. The van der Waals surface area contributed by atoms with Gasteiger partial charge in [0.05, 0.1) is 12.0 Å². The van der Waals surface area contributed by atoms with Crippen molar-refractivity contribution in [2.24, 2.45) is 5.41 Å². The Morgan fingerprint density at radius 1 is 1.43 bits per heavy atom. The monoisotopic (exact) mass is 197 g/mol. The van der Waals surface area contributed by atoms with Crippen molar-refractivity contribution >= 4 is 11.9 Å². The van der Waals surface area contributed by atoms with Crippen molar-refractivity contribution in [2.45, 2.75) is 27.2 Å². The average molecular weight is 197 g/mol. The van der Waals surface area contributed by atoms with Crippen LogP contribution < -0.4 is 5.32 Å². The Morgan fingerprint density at radius 3 is 2.43 bits per heavy atom. The SMILES string of the molecule is CC#CCNC(=O)CC(C)(C)C(=O)O. The summed E-state index contributed by atoms with van der Waals surface area (Å²) in [7, 11) is 0. The van der Waals surface area contributed by atoms with Crippen LogP contribution in [-0.4, -0.2) is 23.5 Å². The number of rotatable bonds is 4. The van der Waals surface area contributed by atoms with Crippen LogP contribution >= 0.6 is 0 Å². The van der Waals surface area contributed by atoms with E-state index in [1.807, 2.05) is 0 Å². The van der Waals surface area contributed by atoms with Gasteiger partial charge in [-0.15, -0.1) is 5.92 Å². The van der Waals surface area contributed by atoms with E-state index in [9.17, 15) is 9.59 Å². The minimum Gasteiger partial charge on any atom is -0.481 e. The number of hydrogen-bond donors (Lipinski definition) is 2. The first kappa shape index (κ1) is 12.5. The van der Waals surface area contributed by atoms with E-state index in [1.54, 1.807) is 6.92 Å². The number of amides is 1. The first-order valence-corrected chi connectivity index (χ1v) is 4.30. The van der Waals surface area contributed by atoms with Gasteiger partial charge in [-0.25, -0.2) is 0 Å². The fourth-order valence-corrected chi connectivity index (χ4v) is 0.771. The second kappa shape index (κ2) is 5.28. The molecular formula is C10H15NO3. The molecule has 14 heavy (non-hydrogen) atoms. The van der Waals surface area contributed by atoms with Crippen molar-refractivity contribution in [3.8, 4) is 11.8 Å². The lowest BCUT2D eigenvalue weighted by atomic mass is 9.89. The van der Waals surface area contributed by atoms with Crippen molar-refractivity contribution in [3.05, 3.63) is 0 Å². The van der Waals surface area contributed by atoms with E-state index >= 15 is 0 Å². The average Bonchev–Trinajstić information content (AvgIpc) is 2.03. The number of carbonyl (C=O) groups excluding carboxylic acids is 1. The third kappa shape index (κ3) is 4.51. The molecule has 0 unspecified atom stereocenters. The minimum atomic E-state index is -1.02. The highest BCUT2D eigenvalue weighted by atomic mass is 16.4. The minimum absolute atomic E-state index is 0.0340. The zero-order valence-electron chi connectivity index (χ0n) is 8.68. The Bertz CT molecular complexity index is 283. The highest BCUT2D eigenvalue weighted by Crippen LogP contribution is 2.19. The van der Waals surface area contributed by atoms with Crippen molar-refractivity contribution in [1.29, 1.82) is 0 Å². The van der Waals surface area contributed by atoms with Crippen LogP contribution in [0, 0.1) is 17.3 Å². The van der Waals surface area contributed by atoms with E-state index < -0.39 is 11.4 Å². The summed E-state index contributed by atoms with van der Waals surface area (Å²) in [6.45, 7) is 4.97. The molecule has 4 heteroatoms. The smallest absolute Gasteiger partial charge is 0.309 e. The van der Waals surface area contributed by atoms with Crippen LogP contribution in [0.5, 0.6) is 0 Å². The van der Waals surface area contributed by atoms with Gasteiger partial charge in [0.25, 0.3) is 0 Å². The quantitative estimate of drug-likeness (QED) is 0.649. The molecule has 0 heterocycles. The number of carbonyl (C=O) groups is 2. The summed E-state index contributed by atoms with van der Waals surface area (Å²) in [5.74, 6) is 4.02. The van der Waals surface area contributed by atoms with Gasteiger partial charge in [-0.1, -0.05) is 5.92 Å². The molecule has 0 atom stereocenters. The highest BCUT2D eigenvalue weighted by molar-refractivity contribution is 5.84. The van der Waals surface area contributed by atoms with Crippen molar-refractivity contribution < 1.29 is 14.7 Å². The number of hydrogen-bond acceptors (Lipinski definition) is 2. The molecule has 0 aliphatic heterocycles. The van der Waals surface area contributed by atoms with Crippen LogP contribution in [0.15, 0.2) is 0 Å². The lowest BCUT2D eigenvalue weighted by molar-refractivity contribution is -0.149. The molecule has 0 rings (SSSR count). The van der Waals surface area contributed by atoms with Crippen LogP contribution in [0.3, 0.4) is 0 Å². The second-order valence-electron chi connectivity index (χ2n) is 3.57. The number of aliphatic carboxylic acids is 1. The molecule has 0 saturated heterocycles. The maximum Gasteiger partial charge on any atom is 0.309 e. The molecule has 4 nitrogen and oxygen atoms in total. The van der Waals surface area contributed by atoms with Gasteiger partial charge in [-0.05, 0) is 20.8 Å². The predicted octanol–water partition coefficient (Wildman–Crippen LogP) is 0.627. The summed E-state index contributed by atoms with van der Waals surface area (Å²) < 4.78 is 0. The molecule has 0 spiro atoms. The highest BCUT2D eigenvalue weighted by Gasteiger charge is 2.29. The molecule has 0 aromatic rings. The molecular weight excluding hydrogens is 182 g/mol. The Morgan fingerprint density at radius 2 is 2.00 bits per heavy atom. The molecule has 0 bridgehead atoms. The largest absolute Gasteiger partial charge is 0.481 e. The molecule has 0 aliphatic rings. The molecule has 0 aromatic heterocycles. The lowest BCUT2D eigenvalue weighted by Gasteiger charge is -2.17. The van der Waals surface area contributed by atoms with Gasteiger partial charge in [0, 0.05) is 6.42 Å². The van der Waals surface area contributed by atoms with Crippen molar-refractivity contribution in [3.63, 3.8) is 0 Å². The van der Waals surface area contributed by atoms with E-state index in [0.29, 0.717) is 0 Å². The second-order valence-corrected chi connectivity index (χ2v) is 3.57. The van der Waals surface area contributed by atoms with E-state index in [-0.39, 0.29) is 18.9 Å². The van der Waals surface area contributed by atoms with E-state index in [4.69, 9.17) is 5.11 Å². The third-order valence-corrected chi connectivity index (χ3v) is 1.73. The summed E-state index contributed by atoms with van der Waals surface area (Å²) in [5.41, 5.74) is -1.02. The van der Waals surface area contributed by atoms with Gasteiger partial charge in [0.2, 0.25) is 5.91 Å². The standard InChI is InChI=1S/C10H15NO3/c1-4-5-6-11-8(12)7-10(2,3)9(13)14/h6-7H2,1-3H3,(H,11,12)(H,13,14). The van der Waals surface area contributed by atoms with E-state index in [1.165, 1.54) is 13.8 Å². The predicted molar refractivity (Wildman–Crippen MR) is 52.5 cm³/mol. The fraction of sp³-hybridized carbons (Fsp3) is 0.600.